The molecule has 0 amide bonds. The van der Waals surface area contributed by atoms with Gasteiger partial charge in [0.25, 0.3) is 5.16 Å². The molecule has 0 atom stereocenters. The Morgan fingerprint density at radius 3 is 2.26 bits per heavy atom. The van der Waals surface area contributed by atoms with Crippen molar-refractivity contribution in [1.82, 2.24) is 14.8 Å². The first-order valence-corrected chi connectivity index (χ1v) is 9.62. The van der Waals surface area contributed by atoms with Crippen molar-refractivity contribution >= 4 is 50.8 Å². The van der Waals surface area contributed by atoms with Crippen LogP contribution in [0.5, 0.6) is 0 Å². The molecule has 1 aromatic carbocycles. The number of hydrogen-bond acceptors (Lipinski definition) is 6. The van der Waals surface area contributed by atoms with E-state index in [1.54, 1.807) is 24.3 Å². The smallest absolute Gasteiger partial charge is 0.351 e. The lowest BCUT2D eigenvalue weighted by molar-refractivity contribution is -0.668. The number of anilines is 2. The minimum absolute atomic E-state index is 0.00483. The Hall–Kier alpha value is -2.69. The monoisotopic (exact) mass is 427 g/mol. The number of nitrogens with zero attached hydrogens (tertiary/aromatic N) is 5. The molecular weight excluding hydrogens is 415 g/mol. The summed E-state index contributed by atoms with van der Waals surface area (Å²) in [7, 11) is -4.44. The quantitative estimate of drug-likeness (QED) is 0.634. The summed E-state index contributed by atoms with van der Waals surface area (Å²) < 4.78 is 29.4. The summed E-state index contributed by atoms with van der Waals surface area (Å²) in [6, 6.07) is 9.49. The van der Waals surface area contributed by atoms with E-state index in [4.69, 9.17) is 28.9 Å². The molecule has 0 aliphatic heterocycles. The number of halogens is 2. The number of sulfonamides is 1. The van der Waals surface area contributed by atoms with E-state index in [9.17, 15) is 13.2 Å². The van der Waals surface area contributed by atoms with Gasteiger partial charge in [0.05, 0.1) is 10.0 Å². The lowest BCUT2D eigenvalue weighted by atomic mass is 10.3. The Kier molecular flexibility index (Phi) is 5.05. The Morgan fingerprint density at radius 1 is 1.15 bits per heavy atom. The largest absolute Gasteiger partial charge is 0.368 e. The number of hydrogen-bond donors (Lipinski definition) is 1. The molecule has 2 N–H and O–H groups in total. The lowest BCUT2D eigenvalue weighted by Crippen LogP contribution is -2.57. The highest BCUT2D eigenvalue weighted by atomic mass is 35.5. The van der Waals surface area contributed by atoms with Crippen LogP contribution in [0.25, 0.3) is 0 Å². The molecule has 0 unspecified atom stereocenters. The van der Waals surface area contributed by atoms with Gasteiger partial charge in [-0.3, -0.25) is 4.79 Å². The van der Waals surface area contributed by atoms with Gasteiger partial charge in [0.15, 0.2) is 5.69 Å². The van der Waals surface area contributed by atoms with Crippen LogP contribution < -0.4 is 14.8 Å². The summed E-state index contributed by atoms with van der Waals surface area (Å²) in [5.41, 5.74) is 5.60. The average molecular weight is 428 g/mol. The van der Waals surface area contributed by atoms with Crippen molar-refractivity contribution < 1.29 is 17.9 Å². The Bertz CT molecular complexity index is 1100. The first-order chi connectivity index (χ1) is 12.7. The van der Waals surface area contributed by atoms with Crippen molar-refractivity contribution in [3.05, 3.63) is 58.8 Å². The fourth-order valence-corrected chi connectivity index (χ4v) is 4.27. The van der Waals surface area contributed by atoms with Gasteiger partial charge in [-0.2, -0.15) is 18.1 Å². The molecule has 27 heavy (non-hydrogen) atoms. The van der Waals surface area contributed by atoms with Crippen molar-refractivity contribution in [2.75, 3.05) is 10.1 Å². The molecule has 0 fully saturated rings. The van der Waals surface area contributed by atoms with Gasteiger partial charge in [-0.05, 0) is 16.5 Å². The standard InChI is InChI=1S/C15H13Cl2N6O3S/c1-10(24)22-14(18)19-15(20-22)27(25,26)23(21-8-3-2-4-9-21)13-11(16)6-5-7-12(13)17/h2-9H,1H3,(H2,18,19,20)/q+1. The molecule has 9 nitrogen and oxygen atoms in total. The van der Waals surface area contributed by atoms with Crippen molar-refractivity contribution in [2.45, 2.75) is 12.1 Å². The second-order valence-electron chi connectivity index (χ2n) is 5.26. The highest BCUT2D eigenvalue weighted by molar-refractivity contribution is 7.92. The van der Waals surface area contributed by atoms with Gasteiger partial charge < -0.3 is 5.73 Å². The molecule has 0 aliphatic carbocycles. The first-order valence-electron chi connectivity index (χ1n) is 7.43. The van der Waals surface area contributed by atoms with Gasteiger partial charge in [-0.1, -0.05) is 40.0 Å². The number of benzene rings is 1. The number of carbonyl (C=O) groups excluding carboxylic acids is 1. The number of nitrogens with two attached hydrogens (primary N) is 1. The molecule has 2 heterocycles. The van der Waals surface area contributed by atoms with E-state index in [-0.39, 0.29) is 21.7 Å². The van der Waals surface area contributed by atoms with Crippen molar-refractivity contribution in [1.29, 1.82) is 0 Å². The van der Waals surface area contributed by atoms with Gasteiger partial charge >= 0.3 is 10.0 Å². The molecular formula is C15H13Cl2N6O3S+. The Balaban J connectivity index is 2.28. The first kappa shape index (κ1) is 19.1. The fraction of sp³-hybridized carbons (Fsp3) is 0.0667. The highest BCUT2D eigenvalue weighted by Gasteiger charge is 2.39. The van der Waals surface area contributed by atoms with Crippen LogP contribution in [-0.2, 0) is 10.0 Å². The van der Waals surface area contributed by atoms with E-state index in [0.29, 0.717) is 4.68 Å². The SMILES string of the molecule is CC(=O)n1nc(S(=O)(=O)N(c2c(Cl)cccc2Cl)[n+]2ccccc2)nc1N. The van der Waals surface area contributed by atoms with Crippen molar-refractivity contribution in [3.63, 3.8) is 0 Å². The van der Waals surface area contributed by atoms with Crippen molar-refractivity contribution in [3.8, 4) is 0 Å². The molecule has 3 aromatic rings. The van der Waals surface area contributed by atoms with Crippen LogP contribution in [-0.4, -0.2) is 29.1 Å². The molecule has 0 aliphatic rings. The summed E-state index contributed by atoms with van der Waals surface area (Å²) in [5, 5.41) is 3.21. The molecule has 12 heteroatoms. The molecule has 3 rings (SSSR count). The maximum absolute atomic E-state index is 13.3. The topological polar surface area (TPSA) is 115 Å². The lowest BCUT2D eigenvalue weighted by Gasteiger charge is -2.17. The zero-order chi connectivity index (χ0) is 19.8. The number of pyridine rings is 1. The van der Waals surface area contributed by atoms with Gasteiger partial charge in [0.2, 0.25) is 24.2 Å². The van der Waals surface area contributed by atoms with Crippen LogP contribution in [0.3, 0.4) is 0 Å². The summed E-state index contributed by atoms with van der Waals surface area (Å²) in [5.74, 6) is -0.944. The summed E-state index contributed by atoms with van der Waals surface area (Å²) >= 11 is 12.5. The molecule has 2 aromatic heterocycles. The third-order valence-electron chi connectivity index (χ3n) is 3.41. The van der Waals surface area contributed by atoms with Gasteiger partial charge in [0, 0.05) is 19.1 Å². The Labute approximate surface area is 164 Å². The predicted molar refractivity (Wildman–Crippen MR) is 98.9 cm³/mol. The molecule has 0 saturated carbocycles. The number of aromatic nitrogens is 4. The van der Waals surface area contributed by atoms with Gasteiger partial charge in [0.1, 0.15) is 0 Å². The third-order valence-corrected chi connectivity index (χ3v) is 5.48. The molecule has 0 bridgehead atoms. The normalized spacial score (nSPS) is 11.4. The minimum atomic E-state index is -4.44. The van der Waals surface area contributed by atoms with E-state index >= 15 is 0 Å². The average Bonchev–Trinajstić information content (AvgIpc) is 3.02. The predicted octanol–water partition coefficient (Wildman–Crippen LogP) is 1.77. The number of rotatable bonds is 4. The van der Waals surface area contributed by atoms with Crippen LogP contribution >= 0.6 is 23.2 Å². The van der Waals surface area contributed by atoms with Gasteiger partial charge in [-0.15, -0.1) is 5.10 Å². The van der Waals surface area contributed by atoms with Crippen LogP contribution in [0.1, 0.15) is 11.7 Å². The van der Waals surface area contributed by atoms with Crippen LogP contribution in [0, 0.1) is 0 Å². The number of carbonyl (C=O) groups is 1. The summed E-state index contributed by atoms with van der Waals surface area (Å²) in [4.78, 5) is 15.3. The highest BCUT2D eigenvalue weighted by Crippen LogP contribution is 2.35. The van der Waals surface area contributed by atoms with Gasteiger partial charge in [-0.25, -0.2) is 0 Å². The van der Waals surface area contributed by atoms with E-state index in [2.05, 4.69) is 10.1 Å². The van der Waals surface area contributed by atoms with E-state index in [0.717, 1.165) is 4.41 Å². The maximum atomic E-state index is 13.3. The fourth-order valence-electron chi connectivity index (χ4n) is 2.27. The number of para-hydroxylation sites is 1. The van der Waals surface area contributed by atoms with Crippen LogP contribution in [0.15, 0.2) is 53.9 Å². The maximum Gasteiger partial charge on any atom is 0.351 e. The number of nitrogen functional groups attached to an aromatic ring is 1. The van der Waals surface area contributed by atoms with Crippen LogP contribution in [0.4, 0.5) is 11.6 Å². The second-order valence-corrected chi connectivity index (χ2v) is 7.73. The van der Waals surface area contributed by atoms with Crippen molar-refractivity contribution in [2.24, 2.45) is 0 Å². The molecule has 0 radical (unpaired) electrons. The summed E-state index contributed by atoms with van der Waals surface area (Å²) in [6.07, 6.45) is 2.95. The minimum Gasteiger partial charge on any atom is -0.368 e. The molecule has 0 saturated heterocycles. The van der Waals surface area contributed by atoms with E-state index in [1.807, 2.05) is 0 Å². The summed E-state index contributed by atoms with van der Waals surface area (Å²) in [6.45, 7) is 1.18. The van der Waals surface area contributed by atoms with E-state index < -0.39 is 21.1 Å². The van der Waals surface area contributed by atoms with E-state index in [1.165, 1.54) is 36.1 Å². The molecule has 0 spiro atoms. The van der Waals surface area contributed by atoms with Crippen LogP contribution in [0.2, 0.25) is 10.0 Å². The molecule has 140 valence electrons. The Morgan fingerprint density at radius 2 is 1.74 bits per heavy atom. The third kappa shape index (κ3) is 3.46. The zero-order valence-electron chi connectivity index (χ0n) is 13.8. The second kappa shape index (κ2) is 7.14. The zero-order valence-corrected chi connectivity index (χ0v) is 16.1.